The third-order valence-corrected chi connectivity index (χ3v) is 7.30. The van der Waals surface area contributed by atoms with Gasteiger partial charge in [-0.05, 0) is 36.5 Å². The molecule has 1 aliphatic heterocycles. The topological polar surface area (TPSA) is 82.4 Å². The minimum absolute atomic E-state index is 0.157. The number of nitrogens with zero attached hydrogens (tertiary/aromatic N) is 1. The molecule has 0 aromatic heterocycles. The van der Waals surface area contributed by atoms with E-state index in [1.165, 1.54) is 18.6 Å². The first-order chi connectivity index (χ1) is 8.90. The summed E-state index contributed by atoms with van der Waals surface area (Å²) in [6.45, 7) is 0. The van der Waals surface area contributed by atoms with Crippen molar-refractivity contribution < 1.29 is 16.8 Å². The summed E-state index contributed by atoms with van der Waals surface area (Å²) in [4.78, 5) is -0.345. The zero-order valence-corrected chi connectivity index (χ0v) is 11.9. The van der Waals surface area contributed by atoms with E-state index >= 15 is 0 Å². The molecule has 1 aromatic rings. The minimum atomic E-state index is -4.04. The number of benzene rings is 1. The van der Waals surface area contributed by atoms with Gasteiger partial charge < -0.3 is 4.13 Å². The molecule has 5 nitrogen and oxygen atoms in total. The molecule has 7 heteroatoms. The largest absolute Gasteiger partial charge is 0.428 e. The van der Waals surface area contributed by atoms with Gasteiger partial charge in [0.2, 0.25) is 0 Å². The molecule has 1 aliphatic carbocycles. The summed E-state index contributed by atoms with van der Waals surface area (Å²) in [5.41, 5.74) is 0.911. The van der Waals surface area contributed by atoms with Crippen LogP contribution in [0.5, 0.6) is 0 Å². The van der Waals surface area contributed by atoms with E-state index in [4.69, 9.17) is 0 Å². The highest BCUT2D eigenvalue weighted by molar-refractivity contribution is 8.14. The Morgan fingerprint density at radius 3 is 2.21 bits per heavy atom. The predicted molar refractivity (Wildman–Crippen MR) is 70.0 cm³/mol. The van der Waals surface area contributed by atoms with Crippen molar-refractivity contribution in [1.82, 2.24) is 0 Å². The lowest BCUT2D eigenvalue weighted by Gasteiger charge is -2.22. The Labute approximate surface area is 113 Å². The van der Waals surface area contributed by atoms with Gasteiger partial charge in [0.15, 0.2) is 0 Å². The second-order valence-corrected chi connectivity index (χ2v) is 8.44. The SMILES string of the molecule is O=S1(=O)[N-]S(=O)(=O)c2cc(C3CCCCC3)ccc21. The highest BCUT2D eigenvalue weighted by Gasteiger charge is 2.28. The maximum Gasteiger partial charge on any atom is 0.113 e. The zero-order valence-electron chi connectivity index (χ0n) is 10.2. The second-order valence-electron chi connectivity index (χ2n) is 5.07. The summed E-state index contributed by atoms with van der Waals surface area (Å²) < 4.78 is 49.7. The van der Waals surface area contributed by atoms with E-state index in [9.17, 15) is 16.8 Å². The Kier molecular flexibility index (Phi) is 2.95. The van der Waals surface area contributed by atoms with Gasteiger partial charge in [0.25, 0.3) is 0 Å². The van der Waals surface area contributed by atoms with Crippen LogP contribution in [-0.2, 0) is 20.0 Å². The summed E-state index contributed by atoms with van der Waals surface area (Å²) in [6.07, 6.45) is 5.54. The Hall–Kier alpha value is -0.920. The molecule has 0 spiro atoms. The molecule has 1 fully saturated rings. The number of sulfonamides is 2. The smallest absolute Gasteiger partial charge is 0.113 e. The van der Waals surface area contributed by atoms with E-state index in [1.54, 1.807) is 6.07 Å². The third-order valence-electron chi connectivity index (χ3n) is 3.80. The van der Waals surface area contributed by atoms with Crippen molar-refractivity contribution in [1.29, 1.82) is 0 Å². The molecule has 0 unspecified atom stereocenters. The van der Waals surface area contributed by atoms with Crippen LogP contribution in [0.3, 0.4) is 0 Å². The van der Waals surface area contributed by atoms with E-state index in [2.05, 4.69) is 4.13 Å². The van der Waals surface area contributed by atoms with Gasteiger partial charge in [0, 0.05) is 0 Å². The van der Waals surface area contributed by atoms with Gasteiger partial charge in [-0.2, -0.15) is 0 Å². The molecule has 0 N–H and O–H groups in total. The summed E-state index contributed by atoms with van der Waals surface area (Å²) in [5, 5.41) is 0. The van der Waals surface area contributed by atoms with Crippen LogP contribution >= 0.6 is 0 Å². The molecule has 3 rings (SSSR count). The first-order valence-electron chi connectivity index (χ1n) is 6.28. The van der Waals surface area contributed by atoms with Crippen molar-refractivity contribution >= 4 is 20.0 Å². The van der Waals surface area contributed by atoms with Gasteiger partial charge in [-0.3, -0.25) is 0 Å². The summed E-state index contributed by atoms with van der Waals surface area (Å²) in [6, 6.07) is 4.60. The lowest BCUT2D eigenvalue weighted by atomic mass is 9.84. The number of hydrogen-bond donors (Lipinski definition) is 0. The van der Waals surface area contributed by atoms with Crippen LogP contribution in [0.15, 0.2) is 28.0 Å². The van der Waals surface area contributed by atoms with Gasteiger partial charge >= 0.3 is 0 Å². The van der Waals surface area contributed by atoms with Gasteiger partial charge in [-0.25, -0.2) is 16.8 Å². The minimum Gasteiger partial charge on any atom is -0.428 e. The first kappa shape index (κ1) is 13.1. The van der Waals surface area contributed by atoms with Crippen molar-refractivity contribution in [2.45, 2.75) is 47.8 Å². The molecule has 104 valence electrons. The molecule has 0 amide bonds. The number of fused-ring (bicyclic) bond motifs is 1. The van der Waals surface area contributed by atoms with E-state index in [0.29, 0.717) is 5.92 Å². The summed E-state index contributed by atoms with van der Waals surface area (Å²) >= 11 is 0. The Morgan fingerprint density at radius 2 is 1.53 bits per heavy atom. The maximum atomic E-state index is 11.8. The van der Waals surface area contributed by atoms with Crippen LogP contribution < -0.4 is 0 Å². The first-order valence-corrected chi connectivity index (χ1v) is 9.16. The number of hydrogen-bond acceptors (Lipinski definition) is 4. The van der Waals surface area contributed by atoms with Gasteiger partial charge in [-0.15, -0.1) is 0 Å². The molecule has 1 heterocycles. The highest BCUT2D eigenvalue weighted by Crippen LogP contribution is 2.41. The average Bonchev–Trinajstić information content (AvgIpc) is 2.56. The molecule has 1 saturated carbocycles. The zero-order chi connectivity index (χ0) is 13.7. The van der Waals surface area contributed by atoms with E-state index in [1.807, 2.05) is 0 Å². The molecule has 19 heavy (non-hydrogen) atoms. The Bertz CT molecular complexity index is 716. The van der Waals surface area contributed by atoms with Crippen molar-refractivity contribution in [2.24, 2.45) is 0 Å². The molecular weight excluding hydrogens is 286 g/mol. The Morgan fingerprint density at radius 1 is 0.895 bits per heavy atom. The van der Waals surface area contributed by atoms with Crippen molar-refractivity contribution in [2.75, 3.05) is 0 Å². The fourth-order valence-electron chi connectivity index (χ4n) is 2.84. The quantitative estimate of drug-likeness (QED) is 0.797. The molecule has 0 saturated heterocycles. The lowest BCUT2D eigenvalue weighted by molar-refractivity contribution is 0.443. The van der Waals surface area contributed by atoms with Crippen LogP contribution in [-0.4, -0.2) is 16.8 Å². The molecule has 2 aliphatic rings. The standard InChI is InChI=1S/C12H14NO4S2/c14-18(15)11-7-6-10(9-4-2-1-3-5-9)8-12(11)19(16,17)13-18/h6-9H,1-5H2/q-1. The van der Waals surface area contributed by atoms with Crippen molar-refractivity contribution in [3.8, 4) is 0 Å². The molecule has 0 radical (unpaired) electrons. The number of rotatable bonds is 1. The Balaban J connectivity index is 2.10. The molecule has 0 atom stereocenters. The second kappa shape index (κ2) is 4.29. The maximum absolute atomic E-state index is 11.8. The molecule has 0 bridgehead atoms. The average molecular weight is 300 g/mol. The monoisotopic (exact) mass is 300 g/mol. The fourth-order valence-corrected chi connectivity index (χ4v) is 6.31. The van der Waals surface area contributed by atoms with Crippen LogP contribution in [0.4, 0.5) is 0 Å². The van der Waals surface area contributed by atoms with Gasteiger partial charge in [-0.1, -0.05) is 25.3 Å². The van der Waals surface area contributed by atoms with Crippen LogP contribution in [0.1, 0.15) is 43.6 Å². The highest BCUT2D eigenvalue weighted by atomic mass is 32.3. The van der Waals surface area contributed by atoms with Crippen molar-refractivity contribution in [3.63, 3.8) is 0 Å². The van der Waals surface area contributed by atoms with E-state index in [0.717, 1.165) is 31.2 Å². The van der Waals surface area contributed by atoms with Crippen LogP contribution in [0.2, 0.25) is 0 Å². The molecule has 1 aromatic carbocycles. The predicted octanol–water partition coefficient (Wildman–Crippen LogP) is 2.50. The van der Waals surface area contributed by atoms with Crippen LogP contribution in [0, 0.1) is 0 Å². The van der Waals surface area contributed by atoms with Crippen molar-refractivity contribution in [3.05, 3.63) is 27.9 Å². The van der Waals surface area contributed by atoms with E-state index in [-0.39, 0.29) is 9.79 Å². The lowest BCUT2D eigenvalue weighted by Crippen LogP contribution is -2.05. The normalized spacial score (nSPS) is 25.1. The summed E-state index contributed by atoms with van der Waals surface area (Å²) in [5.74, 6) is 0.331. The third kappa shape index (κ3) is 2.19. The molecular formula is C12H14NO4S2-. The van der Waals surface area contributed by atoms with Gasteiger partial charge in [0.05, 0.1) is 9.79 Å². The van der Waals surface area contributed by atoms with Crippen LogP contribution in [0.25, 0.3) is 4.13 Å². The van der Waals surface area contributed by atoms with E-state index < -0.39 is 20.0 Å². The summed E-state index contributed by atoms with van der Waals surface area (Å²) in [7, 11) is -8.06. The van der Waals surface area contributed by atoms with Gasteiger partial charge in [0.1, 0.15) is 20.0 Å². The fraction of sp³-hybridized carbons (Fsp3) is 0.500.